The molecule has 0 aliphatic heterocycles. The van der Waals surface area contributed by atoms with Crippen molar-refractivity contribution in [2.24, 2.45) is 0 Å². The molecule has 0 amide bonds. The van der Waals surface area contributed by atoms with Gasteiger partial charge in [-0.25, -0.2) is 42.3 Å². The Balaban J connectivity index is 1.57. The van der Waals surface area contributed by atoms with Gasteiger partial charge in [0.25, 0.3) is 5.69 Å². The summed E-state index contributed by atoms with van der Waals surface area (Å²) < 4.78 is 105. The average Bonchev–Trinajstić information content (AvgIpc) is 3.16. The van der Waals surface area contributed by atoms with Gasteiger partial charge < -0.3 is 0 Å². The highest BCUT2D eigenvalue weighted by molar-refractivity contribution is 6.05. The third-order valence-electron chi connectivity index (χ3n) is 8.56. The summed E-state index contributed by atoms with van der Waals surface area (Å²) in [6, 6.07) is 22.4. The van der Waals surface area contributed by atoms with Gasteiger partial charge in [-0.2, -0.15) is 18.4 Å². The van der Waals surface area contributed by atoms with E-state index in [4.69, 9.17) is 6.57 Å². The monoisotopic (exact) mass is 716 g/mol. The van der Waals surface area contributed by atoms with Crippen LogP contribution in [0.15, 0.2) is 97.3 Å². The molecular weight excluding hydrogens is 697 g/mol. The Kier molecular flexibility index (Phi) is 8.64. The highest BCUT2D eigenvalue weighted by Crippen LogP contribution is 2.43. The fourth-order valence-corrected chi connectivity index (χ4v) is 5.98. The number of hydrogen-bond acceptors (Lipinski definition) is 5. The molecule has 13 heteroatoms. The lowest BCUT2D eigenvalue weighted by atomic mass is 9.86. The Bertz CT molecular complexity index is 2730. The molecule has 0 fully saturated rings. The molecule has 0 saturated carbocycles. The van der Waals surface area contributed by atoms with E-state index >= 15 is 17.6 Å². The normalized spacial score (nSPS) is 12.0. The van der Waals surface area contributed by atoms with Crippen LogP contribution in [-0.4, -0.2) is 19.9 Å². The molecular formula is C40H19F7N6. The number of halogens is 7. The molecule has 0 aliphatic rings. The Hall–Kier alpha value is -6.99. The van der Waals surface area contributed by atoms with E-state index in [1.807, 2.05) is 0 Å². The highest BCUT2D eigenvalue weighted by atomic mass is 19.4. The lowest BCUT2D eigenvalue weighted by Crippen LogP contribution is -2.10. The van der Waals surface area contributed by atoms with E-state index in [1.54, 1.807) is 73.8 Å². The molecule has 7 rings (SSSR count). The smallest absolute Gasteiger partial charge is 0.236 e. The second-order valence-corrected chi connectivity index (χ2v) is 11.7. The average molecular weight is 717 g/mol. The fourth-order valence-electron chi connectivity index (χ4n) is 5.98. The second kappa shape index (κ2) is 13.3. The molecule has 6 nitrogen and oxygen atoms in total. The molecule has 0 radical (unpaired) electrons. The minimum atomic E-state index is -4.94. The topological polar surface area (TPSA) is 79.7 Å². The summed E-state index contributed by atoms with van der Waals surface area (Å²) in [6.07, 6.45) is -2.04. The lowest BCUT2D eigenvalue weighted by molar-refractivity contribution is -0.137. The van der Waals surface area contributed by atoms with Crippen molar-refractivity contribution < 1.29 is 30.7 Å². The molecule has 0 saturated heterocycles. The molecule has 2 aromatic heterocycles. The number of aromatic nitrogens is 4. The van der Waals surface area contributed by atoms with E-state index < -0.39 is 63.0 Å². The van der Waals surface area contributed by atoms with Crippen LogP contribution in [-0.2, 0) is 6.18 Å². The zero-order valence-electron chi connectivity index (χ0n) is 27.1. The Morgan fingerprint density at radius 2 is 1.21 bits per heavy atom. The van der Waals surface area contributed by atoms with Gasteiger partial charge in [0.2, 0.25) is 0 Å². The van der Waals surface area contributed by atoms with Crippen LogP contribution in [0.1, 0.15) is 27.8 Å². The molecule has 2 heterocycles. The van der Waals surface area contributed by atoms with Crippen LogP contribution in [0.2, 0.25) is 0 Å². The molecule has 0 aliphatic carbocycles. The quantitative estimate of drug-likeness (QED) is 0.0582. The van der Waals surface area contributed by atoms with Gasteiger partial charge in [-0.3, -0.25) is 0 Å². The van der Waals surface area contributed by atoms with Crippen molar-refractivity contribution in [1.29, 1.82) is 5.26 Å². The Labute approximate surface area is 296 Å². The van der Waals surface area contributed by atoms with Crippen LogP contribution in [0.5, 0.6) is 0 Å². The van der Waals surface area contributed by atoms with Crippen molar-refractivity contribution in [1.82, 2.24) is 19.9 Å². The summed E-state index contributed by atoms with van der Waals surface area (Å²) in [5, 5.41) is 11.8. The molecule has 5 aromatic carbocycles. The van der Waals surface area contributed by atoms with Crippen LogP contribution >= 0.6 is 0 Å². The predicted molar refractivity (Wildman–Crippen MR) is 184 cm³/mol. The van der Waals surface area contributed by atoms with Crippen LogP contribution in [0.25, 0.3) is 60.6 Å². The number of fused-ring (bicyclic) bond motifs is 2. The van der Waals surface area contributed by atoms with Gasteiger partial charge in [-0.05, 0) is 53.9 Å². The maximum Gasteiger partial charge on any atom is 0.417 e. The van der Waals surface area contributed by atoms with E-state index in [9.17, 15) is 18.4 Å². The SMILES string of the molecule is [C-]#[N+]c1c(F)c(F)c(/C(C#N)=C(\c2ccc(C)c(-c3ncc4ccccc4n3)c2)c2ccc(C(F)(F)F)c(-c3ncc4ccccc4n3)c2)c(F)c1F. The second-order valence-electron chi connectivity index (χ2n) is 11.7. The van der Waals surface area contributed by atoms with Crippen molar-refractivity contribution in [2.45, 2.75) is 13.1 Å². The first-order valence-electron chi connectivity index (χ1n) is 15.6. The molecule has 0 bridgehead atoms. The summed E-state index contributed by atoms with van der Waals surface area (Å²) in [5.74, 6) is -8.34. The summed E-state index contributed by atoms with van der Waals surface area (Å²) >= 11 is 0. The summed E-state index contributed by atoms with van der Waals surface area (Å²) in [4.78, 5) is 20.1. The number of aryl methyl sites for hydroxylation is 1. The molecule has 53 heavy (non-hydrogen) atoms. The Morgan fingerprint density at radius 3 is 1.74 bits per heavy atom. The number of nitriles is 1. The third kappa shape index (κ3) is 6.08. The first-order chi connectivity index (χ1) is 25.4. The predicted octanol–water partition coefficient (Wildman–Crippen LogP) is 10.8. The lowest BCUT2D eigenvalue weighted by Gasteiger charge is -2.19. The van der Waals surface area contributed by atoms with Crippen molar-refractivity contribution in [3.05, 3.63) is 160 Å². The maximum atomic E-state index is 15.7. The van der Waals surface area contributed by atoms with Crippen molar-refractivity contribution >= 4 is 38.6 Å². The molecule has 258 valence electrons. The Morgan fingerprint density at radius 1 is 0.698 bits per heavy atom. The van der Waals surface area contributed by atoms with Gasteiger partial charge in [0.1, 0.15) is 6.07 Å². The number of alkyl halides is 3. The minimum Gasteiger partial charge on any atom is -0.236 e. The van der Waals surface area contributed by atoms with Gasteiger partial charge in [-0.15, -0.1) is 0 Å². The molecule has 0 N–H and O–H groups in total. The van der Waals surface area contributed by atoms with Crippen molar-refractivity contribution in [3.63, 3.8) is 0 Å². The summed E-state index contributed by atoms with van der Waals surface area (Å²) in [6.45, 7) is 8.73. The fraction of sp³-hybridized carbons (Fsp3) is 0.0500. The molecule has 0 unspecified atom stereocenters. The number of rotatable bonds is 5. The van der Waals surface area contributed by atoms with E-state index in [0.717, 1.165) is 17.5 Å². The van der Waals surface area contributed by atoms with E-state index in [2.05, 4.69) is 24.8 Å². The highest BCUT2D eigenvalue weighted by Gasteiger charge is 2.36. The third-order valence-corrected chi connectivity index (χ3v) is 8.56. The van der Waals surface area contributed by atoms with Crippen LogP contribution in [0, 0.1) is 48.1 Å². The van der Waals surface area contributed by atoms with Crippen LogP contribution in [0.4, 0.5) is 36.4 Å². The van der Waals surface area contributed by atoms with Gasteiger partial charge in [0.15, 0.2) is 34.9 Å². The van der Waals surface area contributed by atoms with Crippen molar-refractivity contribution in [2.75, 3.05) is 0 Å². The van der Waals surface area contributed by atoms with Gasteiger partial charge in [0.05, 0.1) is 34.3 Å². The minimum absolute atomic E-state index is 0.00193. The van der Waals surface area contributed by atoms with E-state index in [1.165, 1.54) is 18.3 Å². The number of para-hydroxylation sites is 2. The summed E-state index contributed by atoms with van der Waals surface area (Å²) in [5.41, 5.74) is -4.48. The van der Waals surface area contributed by atoms with Crippen LogP contribution in [0.3, 0.4) is 0 Å². The zero-order chi connectivity index (χ0) is 37.6. The van der Waals surface area contributed by atoms with E-state index in [-0.39, 0.29) is 22.8 Å². The summed E-state index contributed by atoms with van der Waals surface area (Å²) in [7, 11) is 0. The molecule has 0 spiro atoms. The van der Waals surface area contributed by atoms with Crippen LogP contribution < -0.4 is 0 Å². The van der Waals surface area contributed by atoms with E-state index in [0.29, 0.717) is 33.6 Å². The number of hydrogen-bond donors (Lipinski definition) is 0. The largest absolute Gasteiger partial charge is 0.417 e. The molecule has 7 aromatic rings. The first-order valence-corrected chi connectivity index (χ1v) is 15.6. The zero-order valence-corrected chi connectivity index (χ0v) is 27.1. The van der Waals surface area contributed by atoms with Gasteiger partial charge in [0, 0.05) is 39.9 Å². The number of allylic oxidation sites excluding steroid dienone is 1. The van der Waals surface area contributed by atoms with Gasteiger partial charge >= 0.3 is 6.18 Å². The number of benzene rings is 5. The standard InChI is InChI=1S/C40H19F7N6/c1-20-11-12-21(15-25(20)38-50-18-23-7-3-5-9-29(23)52-38)31(27(17-48)32-33(41)35(43)37(49-2)36(44)34(32)42)22-13-14-28(40(45,46)47)26(16-22)39-51-19-24-8-4-6-10-30(24)53-39/h3-16,18-19H,1H3/b31-27+. The molecule has 0 atom stereocenters. The van der Waals surface area contributed by atoms with Gasteiger partial charge in [-0.1, -0.05) is 54.6 Å². The first kappa shape index (κ1) is 34.5. The maximum absolute atomic E-state index is 15.7. The number of nitrogens with zero attached hydrogens (tertiary/aromatic N) is 6. The van der Waals surface area contributed by atoms with Crippen molar-refractivity contribution in [3.8, 4) is 28.8 Å².